The first-order valence-electron chi connectivity index (χ1n) is 9.18. The molecule has 1 aromatic rings. The van der Waals surface area contributed by atoms with Gasteiger partial charge in [-0.05, 0) is 72.1 Å². The smallest absolute Gasteiger partial charge is 0.000513 e. The molecular weight excluding hydrogens is 266 g/mol. The lowest BCUT2D eigenvalue weighted by Gasteiger charge is -2.55. The second kappa shape index (κ2) is 5.67. The minimum Gasteiger partial charge on any atom is -0.319 e. The monoisotopic (exact) mass is 299 g/mol. The van der Waals surface area contributed by atoms with Crippen molar-refractivity contribution in [2.45, 2.75) is 71.1 Å². The van der Waals surface area contributed by atoms with Crippen molar-refractivity contribution < 1.29 is 0 Å². The minimum absolute atomic E-state index is 0.382. The van der Waals surface area contributed by atoms with E-state index in [2.05, 4.69) is 58.3 Å². The quantitative estimate of drug-likeness (QED) is 0.824. The molecule has 0 aliphatic heterocycles. The highest BCUT2D eigenvalue weighted by molar-refractivity contribution is 5.42. The van der Waals surface area contributed by atoms with Gasteiger partial charge < -0.3 is 5.32 Å². The third-order valence-corrected chi connectivity index (χ3v) is 6.75. The fourth-order valence-corrected chi connectivity index (χ4v) is 5.62. The molecule has 1 nitrogen and oxygen atoms in total. The van der Waals surface area contributed by atoms with E-state index in [1.807, 2.05) is 0 Å². The molecule has 0 radical (unpaired) electrons. The van der Waals surface area contributed by atoms with E-state index in [1.165, 1.54) is 37.7 Å². The predicted octanol–water partition coefficient (Wildman–Crippen LogP) is 5.04. The minimum atomic E-state index is 0.382. The highest BCUT2D eigenvalue weighted by atomic mass is 14.8. The van der Waals surface area contributed by atoms with Crippen LogP contribution >= 0.6 is 0 Å². The zero-order chi connectivity index (χ0) is 16.0. The van der Waals surface area contributed by atoms with Crippen molar-refractivity contribution in [2.75, 3.05) is 13.6 Å². The van der Waals surface area contributed by atoms with Gasteiger partial charge in [0.2, 0.25) is 0 Å². The summed E-state index contributed by atoms with van der Waals surface area (Å²) < 4.78 is 0. The molecule has 22 heavy (non-hydrogen) atoms. The second-order valence-corrected chi connectivity index (χ2v) is 8.62. The Morgan fingerprint density at radius 3 is 2.68 bits per heavy atom. The first-order valence-corrected chi connectivity index (χ1v) is 9.18. The number of nitrogens with one attached hydrogen (secondary N) is 1. The topological polar surface area (TPSA) is 12.0 Å². The van der Waals surface area contributed by atoms with Crippen molar-refractivity contribution in [3.05, 3.63) is 34.9 Å². The lowest BCUT2D eigenvalue weighted by molar-refractivity contribution is 0.0273. The van der Waals surface area contributed by atoms with Crippen LogP contribution in [0.5, 0.6) is 0 Å². The summed E-state index contributed by atoms with van der Waals surface area (Å²) in [6.45, 7) is 10.9. The van der Waals surface area contributed by atoms with E-state index in [-0.39, 0.29) is 0 Å². The second-order valence-electron chi connectivity index (χ2n) is 8.62. The molecule has 0 bridgehead atoms. The molecule has 1 aromatic carbocycles. The van der Waals surface area contributed by atoms with E-state index in [9.17, 15) is 0 Å². The summed E-state index contributed by atoms with van der Waals surface area (Å²) in [4.78, 5) is 0. The molecule has 3 atom stereocenters. The van der Waals surface area contributed by atoms with E-state index in [0.717, 1.165) is 12.5 Å². The maximum absolute atomic E-state index is 3.48. The molecule has 0 unspecified atom stereocenters. The van der Waals surface area contributed by atoms with E-state index in [0.29, 0.717) is 16.7 Å². The van der Waals surface area contributed by atoms with Crippen LogP contribution in [0.15, 0.2) is 18.2 Å². The number of rotatable bonds is 3. The largest absolute Gasteiger partial charge is 0.319 e. The van der Waals surface area contributed by atoms with E-state index >= 15 is 0 Å². The van der Waals surface area contributed by atoms with Gasteiger partial charge in [-0.25, -0.2) is 0 Å². The van der Waals surface area contributed by atoms with Gasteiger partial charge in [0.25, 0.3) is 0 Å². The Morgan fingerprint density at radius 2 is 2.00 bits per heavy atom. The molecule has 0 aromatic heterocycles. The molecule has 1 N–H and O–H groups in total. The van der Waals surface area contributed by atoms with Crippen LogP contribution in [-0.4, -0.2) is 13.6 Å². The predicted molar refractivity (Wildman–Crippen MR) is 95.6 cm³/mol. The van der Waals surface area contributed by atoms with Crippen molar-refractivity contribution >= 4 is 0 Å². The molecule has 0 saturated heterocycles. The van der Waals surface area contributed by atoms with Gasteiger partial charge >= 0.3 is 0 Å². The lowest BCUT2D eigenvalue weighted by atomic mass is 9.49. The van der Waals surface area contributed by atoms with Crippen LogP contribution in [-0.2, 0) is 11.8 Å². The maximum Gasteiger partial charge on any atom is 0.000513 e. The molecule has 3 rings (SSSR count). The van der Waals surface area contributed by atoms with Gasteiger partial charge in [0, 0.05) is 6.54 Å². The lowest BCUT2D eigenvalue weighted by Crippen LogP contribution is -2.52. The molecule has 0 heterocycles. The van der Waals surface area contributed by atoms with Gasteiger partial charge in [-0.3, -0.25) is 0 Å². The normalized spacial score (nSPS) is 34.4. The SMILES string of the molecule is CNC[C@@]1(C)CCC[C@]2(C)c3ccc(C(C)C)cc3CC[C@@H]12. The zero-order valence-corrected chi connectivity index (χ0v) is 15.1. The van der Waals surface area contributed by atoms with E-state index in [4.69, 9.17) is 0 Å². The van der Waals surface area contributed by atoms with Crippen LogP contribution in [0.4, 0.5) is 0 Å². The summed E-state index contributed by atoms with van der Waals surface area (Å²) in [6, 6.07) is 7.37. The first kappa shape index (κ1) is 16.1. The summed E-state index contributed by atoms with van der Waals surface area (Å²) in [5.41, 5.74) is 5.65. The summed E-state index contributed by atoms with van der Waals surface area (Å²) in [5.74, 6) is 1.45. The molecule has 2 aliphatic rings. The van der Waals surface area contributed by atoms with Gasteiger partial charge in [-0.2, -0.15) is 0 Å². The number of benzene rings is 1. The zero-order valence-electron chi connectivity index (χ0n) is 15.1. The number of hydrogen-bond donors (Lipinski definition) is 1. The first-order chi connectivity index (χ1) is 10.4. The number of hydrogen-bond acceptors (Lipinski definition) is 1. The van der Waals surface area contributed by atoms with Crippen LogP contribution < -0.4 is 5.32 Å². The molecule has 1 fully saturated rings. The fraction of sp³-hybridized carbons (Fsp3) is 0.714. The summed E-state index contributed by atoms with van der Waals surface area (Å²) >= 11 is 0. The number of fused-ring (bicyclic) bond motifs is 3. The van der Waals surface area contributed by atoms with Crippen molar-refractivity contribution in [2.24, 2.45) is 11.3 Å². The Labute approximate surface area is 136 Å². The van der Waals surface area contributed by atoms with Crippen molar-refractivity contribution in [3.63, 3.8) is 0 Å². The highest BCUT2D eigenvalue weighted by Crippen LogP contribution is 2.57. The maximum atomic E-state index is 3.48. The Bertz CT molecular complexity index is 543. The molecule has 0 spiro atoms. The fourth-order valence-electron chi connectivity index (χ4n) is 5.62. The van der Waals surface area contributed by atoms with Gasteiger partial charge in [0.15, 0.2) is 0 Å². The van der Waals surface area contributed by atoms with Gasteiger partial charge in [-0.1, -0.05) is 52.3 Å². The summed E-state index contributed by atoms with van der Waals surface area (Å²) in [7, 11) is 2.11. The third kappa shape index (κ3) is 2.42. The van der Waals surface area contributed by atoms with Crippen LogP contribution in [0.2, 0.25) is 0 Å². The van der Waals surface area contributed by atoms with Crippen LogP contribution in [0.1, 0.15) is 76.0 Å². The standard InChI is InChI=1S/C21H33N/c1-15(2)16-7-9-18-17(13-16)8-10-19-20(3,14-22-5)11-6-12-21(18,19)4/h7,9,13,15,19,22H,6,8,10-12,14H2,1-5H3/t19-,20+,21+/m0/s1. The van der Waals surface area contributed by atoms with Gasteiger partial charge in [-0.15, -0.1) is 0 Å². The van der Waals surface area contributed by atoms with Crippen molar-refractivity contribution in [1.29, 1.82) is 0 Å². The number of aryl methyl sites for hydroxylation is 1. The molecule has 1 saturated carbocycles. The molecule has 2 aliphatic carbocycles. The van der Waals surface area contributed by atoms with E-state index < -0.39 is 0 Å². The van der Waals surface area contributed by atoms with Crippen LogP contribution in [0, 0.1) is 11.3 Å². The molecule has 122 valence electrons. The average molecular weight is 300 g/mol. The highest BCUT2D eigenvalue weighted by Gasteiger charge is 2.51. The molecule has 1 heteroatoms. The van der Waals surface area contributed by atoms with Crippen LogP contribution in [0.3, 0.4) is 0 Å². The Hall–Kier alpha value is -0.820. The van der Waals surface area contributed by atoms with Crippen molar-refractivity contribution in [3.8, 4) is 0 Å². The van der Waals surface area contributed by atoms with E-state index in [1.54, 1.807) is 11.1 Å². The van der Waals surface area contributed by atoms with Gasteiger partial charge in [0.1, 0.15) is 0 Å². The Balaban J connectivity index is 2.02. The molecular formula is C21H33N. The molecule has 0 amide bonds. The summed E-state index contributed by atoms with van der Waals surface area (Å²) in [6.07, 6.45) is 6.76. The van der Waals surface area contributed by atoms with Crippen LogP contribution in [0.25, 0.3) is 0 Å². The van der Waals surface area contributed by atoms with Crippen molar-refractivity contribution in [1.82, 2.24) is 5.32 Å². The Morgan fingerprint density at radius 1 is 1.23 bits per heavy atom. The van der Waals surface area contributed by atoms with Gasteiger partial charge in [0.05, 0.1) is 0 Å². The average Bonchev–Trinajstić information content (AvgIpc) is 2.46. The Kier molecular flexibility index (Phi) is 4.14. The third-order valence-electron chi connectivity index (χ3n) is 6.75. The summed E-state index contributed by atoms with van der Waals surface area (Å²) in [5, 5.41) is 3.48.